The summed E-state index contributed by atoms with van der Waals surface area (Å²) >= 11 is 3.39. The smallest absolute Gasteiger partial charge is 0.123 e. The van der Waals surface area contributed by atoms with E-state index in [-0.39, 0.29) is 5.82 Å². The standard InChI is InChI=1S/C12H10BrF/c13-6-5-9-1-2-10-3-4-12(14)8-11(10)7-9/h1-4,7-8H,5-6H2. The maximum atomic E-state index is 12.9. The maximum absolute atomic E-state index is 12.9. The molecule has 0 nitrogen and oxygen atoms in total. The monoisotopic (exact) mass is 252 g/mol. The zero-order valence-electron chi connectivity index (χ0n) is 7.63. The minimum absolute atomic E-state index is 0.173. The van der Waals surface area contributed by atoms with Gasteiger partial charge in [0.2, 0.25) is 0 Å². The summed E-state index contributed by atoms with van der Waals surface area (Å²) in [5.41, 5.74) is 1.24. The van der Waals surface area contributed by atoms with Crippen LogP contribution in [0.2, 0.25) is 0 Å². The van der Waals surface area contributed by atoms with Crippen molar-refractivity contribution in [2.75, 3.05) is 5.33 Å². The van der Waals surface area contributed by atoms with E-state index in [4.69, 9.17) is 0 Å². The molecule has 72 valence electrons. The first-order chi connectivity index (χ1) is 6.79. The van der Waals surface area contributed by atoms with Gasteiger partial charge in [-0.15, -0.1) is 0 Å². The number of alkyl halides is 1. The quantitative estimate of drug-likeness (QED) is 0.711. The number of fused-ring (bicyclic) bond motifs is 1. The first kappa shape index (κ1) is 9.66. The molecular weight excluding hydrogens is 243 g/mol. The van der Waals surface area contributed by atoms with E-state index < -0.39 is 0 Å². The normalized spacial score (nSPS) is 10.7. The van der Waals surface area contributed by atoms with E-state index in [0.29, 0.717) is 0 Å². The van der Waals surface area contributed by atoms with Gasteiger partial charge in [-0.3, -0.25) is 0 Å². The van der Waals surface area contributed by atoms with E-state index in [1.807, 2.05) is 18.2 Å². The van der Waals surface area contributed by atoms with Gasteiger partial charge in [-0.25, -0.2) is 4.39 Å². The van der Waals surface area contributed by atoms with Crippen LogP contribution in [-0.4, -0.2) is 5.33 Å². The van der Waals surface area contributed by atoms with Gasteiger partial charge in [-0.1, -0.05) is 40.2 Å². The fourth-order valence-electron chi connectivity index (χ4n) is 1.53. The molecule has 0 bridgehead atoms. The van der Waals surface area contributed by atoms with Gasteiger partial charge in [0, 0.05) is 5.33 Å². The summed E-state index contributed by atoms with van der Waals surface area (Å²) in [6.45, 7) is 0. The lowest BCUT2D eigenvalue weighted by Gasteiger charge is -2.01. The zero-order chi connectivity index (χ0) is 9.97. The summed E-state index contributed by atoms with van der Waals surface area (Å²) in [5.74, 6) is -0.173. The Morgan fingerprint density at radius 1 is 1.00 bits per heavy atom. The van der Waals surface area contributed by atoms with Gasteiger partial charge in [-0.05, 0) is 34.9 Å². The van der Waals surface area contributed by atoms with Crippen molar-refractivity contribution in [3.63, 3.8) is 0 Å². The number of aryl methyl sites for hydroxylation is 1. The highest BCUT2D eigenvalue weighted by Crippen LogP contribution is 2.17. The van der Waals surface area contributed by atoms with E-state index in [1.165, 1.54) is 11.6 Å². The number of rotatable bonds is 2. The molecule has 0 unspecified atom stereocenters. The highest BCUT2D eigenvalue weighted by atomic mass is 79.9. The Morgan fingerprint density at radius 2 is 1.79 bits per heavy atom. The fourth-order valence-corrected chi connectivity index (χ4v) is 1.99. The van der Waals surface area contributed by atoms with E-state index in [9.17, 15) is 4.39 Å². The first-order valence-electron chi connectivity index (χ1n) is 4.54. The fraction of sp³-hybridized carbons (Fsp3) is 0.167. The molecule has 0 saturated heterocycles. The van der Waals surface area contributed by atoms with Crippen LogP contribution in [0.25, 0.3) is 10.8 Å². The summed E-state index contributed by atoms with van der Waals surface area (Å²) in [6, 6.07) is 11.0. The van der Waals surface area contributed by atoms with Crippen molar-refractivity contribution in [1.29, 1.82) is 0 Å². The zero-order valence-corrected chi connectivity index (χ0v) is 9.22. The Labute approximate surface area is 90.9 Å². The Kier molecular flexibility index (Phi) is 2.82. The number of hydrogen-bond donors (Lipinski definition) is 0. The van der Waals surface area contributed by atoms with Crippen LogP contribution in [0.1, 0.15) is 5.56 Å². The SMILES string of the molecule is Fc1ccc2ccc(CCBr)cc2c1. The van der Waals surface area contributed by atoms with Crippen molar-refractivity contribution in [2.24, 2.45) is 0 Å². The molecule has 0 aliphatic rings. The molecular formula is C12H10BrF. The predicted molar refractivity (Wildman–Crippen MR) is 61.4 cm³/mol. The minimum atomic E-state index is -0.173. The Morgan fingerprint density at radius 3 is 2.57 bits per heavy atom. The molecule has 0 saturated carbocycles. The molecule has 2 aromatic rings. The van der Waals surface area contributed by atoms with E-state index >= 15 is 0 Å². The average molecular weight is 253 g/mol. The largest absolute Gasteiger partial charge is 0.207 e. The molecule has 0 aliphatic heterocycles. The second-order valence-electron chi connectivity index (χ2n) is 3.26. The lowest BCUT2D eigenvalue weighted by Crippen LogP contribution is -1.85. The molecule has 0 radical (unpaired) electrons. The molecule has 0 N–H and O–H groups in total. The van der Waals surface area contributed by atoms with Gasteiger partial charge in [0.25, 0.3) is 0 Å². The Hall–Kier alpha value is -0.890. The number of halogens is 2. The van der Waals surface area contributed by atoms with Gasteiger partial charge in [0.1, 0.15) is 5.82 Å². The van der Waals surface area contributed by atoms with Gasteiger partial charge in [0.15, 0.2) is 0 Å². The number of hydrogen-bond acceptors (Lipinski definition) is 0. The second-order valence-corrected chi connectivity index (χ2v) is 4.06. The molecule has 0 amide bonds. The van der Waals surface area contributed by atoms with Gasteiger partial charge in [0.05, 0.1) is 0 Å². The van der Waals surface area contributed by atoms with Crippen LogP contribution in [-0.2, 0) is 6.42 Å². The van der Waals surface area contributed by atoms with Gasteiger partial charge >= 0.3 is 0 Å². The molecule has 14 heavy (non-hydrogen) atoms. The van der Waals surface area contributed by atoms with Crippen molar-refractivity contribution < 1.29 is 4.39 Å². The molecule has 0 aliphatic carbocycles. The molecule has 0 fully saturated rings. The van der Waals surface area contributed by atoms with Crippen LogP contribution in [0.3, 0.4) is 0 Å². The molecule has 0 atom stereocenters. The lowest BCUT2D eigenvalue weighted by molar-refractivity contribution is 0.630. The first-order valence-corrected chi connectivity index (χ1v) is 5.66. The Bertz CT molecular complexity index is 451. The van der Waals surface area contributed by atoms with E-state index in [2.05, 4.69) is 22.0 Å². The van der Waals surface area contributed by atoms with Crippen LogP contribution in [0, 0.1) is 5.82 Å². The maximum Gasteiger partial charge on any atom is 0.123 e. The van der Waals surface area contributed by atoms with Gasteiger partial charge < -0.3 is 0 Å². The van der Waals surface area contributed by atoms with Crippen LogP contribution in [0.15, 0.2) is 36.4 Å². The molecule has 0 heterocycles. The third kappa shape index (κ3) is 1.95. The predicted octanol–water partition coefficient (Wildman–Crippen LogP) is 3.92. The Balaban J connectivity index is 2.52. The summed E-state index contributed by atoms with van der Waals surface area (Å²) in [7, 11) is 0. The number of benzene rings is 2. The average Bonchev–Trinajstić information content (AvgIpc) is 2.17. The summed E-state index contributed by atoms with van der Waals surface area (Å²) in [5, 5.41) is 3.00. The minimum Gasteiger partial charge on any atom is -0.207 e. The van der Waals surface area contributed by atoms with E-state index in [1.54, 1.807) is 6.07 Å². The summed E-state index contributed by atoms with van der Waals surface area (Å²) < 4.78 is 12.9. The lowest BCUT2D eigenvalue weighted by atomic mass is 10.1. The van der Waals surface area contributed by atoms with Gasteiger partial charge in [-0.2, -0.15) is 0 Å². The second kappa shape index (κ2) is 4.09. The van der Waals surface area contributed by atoms with E-state index in [0.717, 1.165) is 22.5 Å². The molecule has 2 aromatic carbocycles. The van der Waals surface area contributed by atoms with Crippen LogP contribution < -0.4 is 0 Å². The molecule has 2 heteroatoms. The highest BCUT2D eigenvalue weighted by Gasteiger charge is 1.97. The topological polar surface area (TPSA) is 0 Å². The van der Waals surface area contributed by atoms with Crippen molar-refractivity contribution in [3.05, 3.63) is 47.8 Å². The van der Waals surface area contributed by atoms with Crippen LogP contribution in [0.5, 0.6) is 0 Å². The molecule has 0 aromatic heterocycles. The van der Waals surface area contributed by atoms with Crippen molar-refractivity contribution in [1.82, 2.24) is 0 Å². The molecule has 2 rings (SSSR count). The summed E-state index contributed by atoms with van der Waals surface area (Å²) in [6.07, 6.45) is 0.979. The van der Waals surface area contributed by atoms with Crippen LogP contribution >= 0.6 is 15.9 Å². The molecule has 0 spiro atoms. The third-order valence-electron chi connectivity index (χ3n) is 2.25. The van der Waals surface area contributed by atoms with Crippen molar-refractivity contribution >= 4 is 26.7 Å². The summed E-state index contributed by atoms with van der Waals surface area (Å²) in [4.78, 5) is 0. The highest BCUT2D eigenvalue weighted by molar-refractivity contribution is 9.09. The third-order valence-corrected chi connectivity index (χ3v) is 2.65. The van der Waals surface area contributed by atoms with Crippen LogP contribution in [0.4, 0.5) is 4.39 Å². The van der Waals surface area contributed by atoms with Crippen molar-refractivity contribution in [3.8, 4) is 0 Å². The van der Waals surface area contributed by atoms with Crippen molar-refractivity contribution in [2.45, 2.75) is 6.42 Å².